The van der Waals surface area contributed by atoms with E-state index in [0.717, 1.165) is 24.3 Å². The van der Waals surface area contributed by atoms with Crippen molar-refractivity contribution in [1.82, 2.24) is 15.0 Å². The zero-order valence-corrected chi connectivity index (χ0v) is 18.1. The zero-order valence-electron chi connectivity index (χ0n) is 17.3. The van der Waals surface area contributed by atoms with Crippen LogP contribution in [-0.2, 0) is 16.1 Å². The Morgan fingerprint density at radius 2 is 1.88 bits per heavy atom. The smallest absolute Gasteiger partial charge is 0.244 e. The first-order valence-electron chi connectivity index (χ1n) is 10.6. The molecule has 9 heteroatoms. The second-order valence-electron chi connectivity index (χ2n) is 8.03. The second-order valence-corrected chi connectivity index (χ2v) is 8.44. The molecule has 0 aliphatic carbocycles. The Kier molecular flexibility index (Phi) is 5.63. The number of fused-ring (bicyclic) bond motifs is 1. The molecule has 0 atom stereocenters. The van der Waals surface area contributed by atoms with Crippen molar-refractivity contribution in [2.24, 2.45) is 5.92 Å². The van der Waals surface area contributed by atoms with Crippen molar-refractivity contribution in [3.8, 4) is 11.4 Å². The number of piperidine rings is 1. The number of carbonyl (C=O) groups is 2. The molecule has 164 valence electrons. The predicted molar refractivity (Wildman–Crippen MR) is 120 cm³/mol. The van der Waals surface area contributed by atoms with E-state index < -0.39 is 0 Å². The van der Waals surface area contributed by atoms with Crippen LogP contribution < -0.4 is 10.2 Å². The van der Waals surface area contributed by atoms with Crippen LogP contribution in [0, 0.1) is 5.92 Å². The lowest BCUT2D eigenvalue weighted by atomic mass is 9.94. The normalized spacial score (nSPS) is 17.2. The van der Waals surface area contributed by atoms with Gasteiger partial charge in [-0.05, 0) is 50.2 Å². The van der Waals surface area contributed by atoms with Crippen LogP contribution in [0.3, 0.4) is 0 Å². The van der Waals surface area contributed by atoms with Crippen molar-refractivity contribution < 1.29 is 14.1 Å². The van der Waals surface area contributed by atoms with Gasteiger partial charge in [0.2, 0.25) is 23.5 Å². The van der Waals surface area contributed by atoms with E-state index in [9.17, 15) is 9.59 Å². The van der Waals surface area contributed by atoms with Gasteiger partial charge < -0.3 is 14.7 Å². The summed E-state index contributed by atoms with van der Waals surface area (Å²) in [5, 5.41) is 7.45. The van der Waals surface area contributed by atoms with Crippen LogP contribution in [0.1, 0.15) is 18.7 Å². The Bertz CT molecular complexity index is 1160. The van der Waals surface area contributed by atoms with Crippen LogP contribution in [0.4, 0.5) is 11.4 Å². The summed E-state index contributed by atoms with van der Waals surface area (Å²) >= 11 is 6.22. The number of anilines is 2. The molecule has 0 bridgehead atoms. The van der Waals surface area contributed by atoms with E-state index >= 15 is 0 Å². The molecule has 8 nitrogen and oxygen atoms in total. The topological polar surface area (TPSA) is 91.6 Å². The minimum Gasteiger partial charge on any atom is -0.338 e. The molecule has 0 radical (unpaired) electrons. The molecular weight excluding hydrogens is 430 g/mol. The molecule has 2 aromatic carbocycles. The van der Waals surface area contributed by atoms with Gasteiger partial charge >= 0.3 is 0 Å². The maximum atomic E-state index is 13.2. The molecule has 0 unspecified atom stereocenters. The Hall–Kier alpha value is -3.23. The van der Waals surface area contributed by atoms with Crippen LogP contribution in [0.15, 0.2) is 53.1 Å². The Labute approximate surface area is 190 Å². The van der Waals surface area contributed by atoms with Gasteiger partial charge in [0.25, 0.3) is 0 Å². The minimum atomic E-state index is -0.166. The van der Waals surface area contributed by atoms with E-state index in [1.165, 1.54) is 0 Å². The van der Waals surface area contributed by atoms with Gasteiger partial charge in [-0.15, -0.1) is 0 Å². The van der Waals surface area contributed by atoms with Crippen molar-refractivity contribution >= 4 is 34.8 Å². The number of halogens is 1. The molecule has 1 fully saturated rings. The second kappa shape index (κ2) is 8.72. The first kappa shape index (κ1) is 20.7. The van der Waals surface area contributed by atoms with E-state index in [1.54, 1.807) is 11.0 Å². The molecule has 2 amide bonds. The summed E-state index contributed by atoms with van der Waals surface area (Å²) in [5.41, 5.74) is 2.18. The fourth-order valence-corrected chi connectivity index (χ4v) is 4.47. The highest BCUT2D eigenvalue weighted by Crippen LogP contribution is 2.32. The highest BCUT2D eigenvalue weighted by molar-refractivity contribution is 6.33. The third-order valence-electron chi connectivity index (χ3n) is 5.92. The Morgan fingerprint density at radius 1 is 1.12 bits per heavy atom. The van der Waals surface area contributed by atoms with Crippen molar-refractivity contribution in [3.05, 3.63) is 59.4 Å². The molecule has 0 spiro atoms. The van der Waals surface area contributed by atoms with Crippen molar-refractivity contribution in [2.75, 3.05) is 29.9 Å². The van der Waals surface area contributed by atoms with E-state index in [1.807, 2.05) is 42.5 Å². The summed E-state index contributed by atoms with van der Waals surface area (Å²) in [5.74, 6) is 0.710. The zero-order chi connectivity index (χ0) is 22.1. The summed E-state index contributed by atoms with van der Waals surface area (Å²) in [6, 6.07) is 14.8. The summed E-state index contributed by atoms with van der Waals surface area (Å²) in [4.78, 5) is 33.5. The van der Waals surface area contributed by atoms with Crippen LogP contribution in [-0.4, -0.2) is 46.5 Å². The molecule has 3 heterocycles. The van der Waals surface area contributed by atoms with Gasteiger partial charge in [0.05, 0.1) is 22.9 Å². The van der Waals surface area contributed by atoms with Crippen molar-refractivity contribution in [3.63, 3.8) is 0 Å². The number of nitrogens with one attached hydrogen (secondary N) is 1. The number of carbonyl (C=O) groups excluding carboxylic acids is 2. The molecule has 0 saturated carbocycles. The van der Waals surface area contributed by atoms with Crippen molar-refractivity contribution in [1.29, 1.82) is 0 Å². The standard InChI is InChI=1S/C23H22ClN5O3/c24-17-6-2-1-5-16(17)22-26-21(32-27-22)14-28-11-9-15(10-12-28)23(31)29-13-20(30)25-18-7-3-4-8-19(18)29/h1-8,15H,9-14H2,(H,25,30). The van der Waals surface area contributed by atoms with Crippen LogP contribution in [0.5, 0.6) is 0 Å². The number of benzene rings is 2. The van der Waals surface area contributed by atoms with Crippen LogP contribution in [0.2, 0.25) is 5.02 Å². The third kappa shape index (κ3) is 4.11. The number of nitrogens with zero attached hydrogens (tertiary/aromatic N) is 4. The lowest BCUT2D eigenvalue weighted by Gasteiger charge is -2.35. The summed E-state index contributed by atoms with van der Waals surface area (Å²) in [6.45, 7) is 2.06. The van der Waals surface area contributed by atoms with E-state index in [4.69, 9.17) is 16.1 Å². The molecule has 2 aliphatic heterocycles. The highest BCUT2D eigenvalue weighted by atomic mass is 35.5. The molecule has 32 heavy (non-hydrogen) atoms. The van der Waals surface area contributed by atoms with Gasteiger partial charge in [0.1, 0.15) is 6.54 Å². The average molecular weight is 452 g/mol. The molecule has 1 N–H and O–H groups in total. The number of hydrogen-bond acceptors (Lipinski definition) is 6. The van der Waals surface area contributed by atoms with Gasteiger partial charge in [-0.25, -0.2) is 0 Å². The monoisotopic (exact) mass is 451 g/mol. The average Bonchev–Trinajstić information content (AvgIpc) is 3.27. The van der Waals surface area contributed by atoms with E-state index in [0.29, 0.717) is 41.8 Å². The van der Waals surface area contributed by atoms with E-state index in [2.05, 4.69) is 20.4 Å². The third-order valence-corrected chi connectivity index (χ3v) is 6.24. The van der Waals surface area contributed by atoms with Crippen LogP contribution >= 0.6 is 11.6 Å². The van der Waals surface area contributed by atoms with Crippen LogP contribution in [0.25, 0.3) is 11.4 Å². The van der Waals surface area contributed by atoms with Gasteiger partial charge in [-0.2, -0.15) is 4.98 Å². The number of aromatic nitrogens is 2. The fraction of sp³-hybridized carbons (Fsp3) is 0.304. The first-order valence-corrected chi connectivity index (χ1v) is 11.0. The molecular formula is C23H22ClN5O3. The molecule has 2 aliphatic rings. The number of likely N-dealkylation sites (tertiary alicyclic amines) is 1. The summed E-state index contributed by atoms with van der Waals surface area (Å²) < 4.78 is 5.42. The molecule has 1 saturated heterocycles. The minimum absolute atomic E-state index is 0.00532. The quantitative estimate of drug-likeness (QED) is 0.651. The Balaban J connectivity index is 1.21. The maximum Gasteiger partial charge on any atom is 0.244 e. The molecule has 3 aromatic rings. The number of rotatable bonds is 4. The van der Waals surface area contributed by atoms with Gasteiger partial charge in [-0.1, -0.05) is 41.0 Å². The lowest BCUT2D eigenvalue weighted by molar-refractivity contribution is -0.126. The predicted octanol–water partition coefficient (Wildman–Crippen LogP) is 3.59. The fourth-order valence-electron chi connectivity index (χ4n) is 4.25. The first-order chi connectivity index (χ1) is 15.6. The van der Waals surface area contributed by atoms with Gasteiger partial charge in [0.15, 0.2) is 0 Å². The lowest BCUT2D eigenvalue weighted by Crippen LogP contribution is -2.47. The summed E-state index contributed by atoms with van der Waals surface area (Å²) in [6.07, 6.45) is 1.43. The van der Waals surface area contributed by atoms with Gasteiger partial charge in [-0.3, -0.25) is 14.5 Å². The number of para-hydroxylation sites is 2. The van der Waals surface area contributed by atoms with E-state index in [-0.39, 0.29) is 24.3 Å². The van der Waals surface area contributed by atoms with Crippen molar-refractivity contribution in [2.45, 2.75) is 19.4 Å². The number of hydrogen-bond donors (Lipinski definition) is 1. The summed E-state index contributed by atoms with van der Waals surface area (Å²) in [7, 11) is 0. The molecule has 1 aromatic heterocycles. The largest absolute Gasteiger partial charge is 0.338 e. The van der Waals surface area contributed by atoms with Gasteiger partial charge in [0, 0.05) is 11.5 Å². The number of amides is 2. The SMILES string of the molecule is O=C1CN(C(=O)C2CCN(Cc3nc(-c4ccccc4Cl)no3)CC2)c2ccccc2N1. The highest BCUT2D eigenvalue weighted by Gasteiger charge is 2.33. The maximum absolute atomic E-state index is 13.2. The Morgan fingerprint density at radius 3 is 2.69 bits per heavy atom. The molecule has 5 rings (SSSR count).